The number of aryl methyl sites for hydroxylation is 2. The molecule has 0 saturated heterocycles. The van der Waals surface area contributed by atoms with Gasteiger partial charge in [0.2, 0.25) is 5.91 Å². The largest absolute Gasteiger partial charge is 0.479 e. The van der Waals surface area contributed by atoms with Crippen LogP contribution in [0.25, 0.3) is 0 Å². The van der Waals surface area contributed by atoms with Crippen LogP contribution < -0.4 is 5.32 Å². The van der Waals surface area contributed by atoms with Gasteiger partial charge >= 0.3 is 5.97 Å². The smallest absolute Gasteiger partial charge is 0.334 e. The average molecular weight is 265 g/mol. The lowest BCUT2D eigenvalue weighted by Gasteiger charge is -2.13. The van der Waals surface area contributed by atoms with Crippen LogP contribution in [0.1, 0.15) is 16.7 Å². The number of carboxylic acids is 1. The van der Waals surface area contributed by atoms with Crippen molar-refractivity contribution in [1.29, 1.82) is 0 Å². The Balaban J connectivity index is 2.59. The fourth-order valence-electron chi connectivity index (χ4n) is 1.83. The van der Waals surface area contributed by atoms with Gasteiger partial charge in [0.1, 0.15) is 0 Å². The van der Waals surface area contributed by atoms with Crippen molar-refractivity contribution < 1.29 is 19.4 Å². The Labute approximate surface area is 112 Å². The Kier molecular flexibility index (Phi) is 5.51. The fourth-order valence-corrected chi connectivity index (χ4v) is 1.83. The van der Waals surface area contributed by atoms with E-state index in [0.29, 0.717) is 0 Å². The molecular weight excluding hydrogens is 246 g/mol. The molecule has 1 atom stereocenters. The molecule has 0 aromatic heterocycles. The third-order valence-corrected chi connectivity index (χ3v) is 3.03. The lowest BCUT2D eigenvalue weighted by molar-refractivity contribution is -0.148. The number of hydrogen-bond acceptors (Lipinski definition) is 3. The van der Waals surface area contributed by atoms with Crippen LogP contribution in [0, 0.1) is 13.8 Å². The molecule has 1 aromatic carbocycles. The second kappa shape index (κ2) is 6.89. The molecule has 0 saturated carbocycles. The number of carboxylic acid groups (broad SMARTS) is 1. The number of nitrogens with one attached hydrogen (secondary N) is 1. The van der Waals surface area contributed by atoms with E-state index in [1.54, 1.807) is 0 Å². The predicted molar refractivity (Wildman–Crippen MR) is 71.1 cm³/mol. The van der Waals surface area contributed by atoms with Crippen LogP contribution >= 0.6 is 0 Å². The molecule has 0 spiro atoms. The molecule has 2 N–H and O–H groups in total. The zero-order chi connectivity index (χ0) is 14.4. The SMILES string of the molecule is COC(CNC(=O)Cc1c(C)cccc1C)C(=O)O. The first kappa shape index (κ1) is 15.2. The van der Waals surface area contributed by atoms with Crippen molar-refractivity contribution in [2.45, 2.75) is 26.4 Å². The molecular formula is C14H19NO4. The number of rotatable bonds is 6. The molecule has 0 aliphatic rings. The van der Waals surface area contributed by atoms with Crippen LogP contribution in [0.5, 0.6) is 0 Å². The first-order chi connectivity index (χ1) is 8.95. The van der Waals surface area contributed by atoms with E-state index in [9.17, 15) is 9.59 Å². The lowest BCUT2D eigenvalue weighted by atomic mass is 10.00. The lowest BCUT2D eigenvalue weighted by Crippen LogP contribution is -2.38. The molecule has 0 fully saturated rings. The van der Waals surface area contributed by atoms with E-state index in [1.165, 1.54) is 7.11 Å². The molecule has 0 heterocycles. The van der Waals surface area contributed by atoms with Crippen LogP contribution in [0.3, 0.4) is 0 Å². The predicted octanol–water partition coefficient (Wildman–Crippen LogP) is 1.06. The van der Waals surface area contributed by atoms with Crippen LogP contribution in [0.15, 0.2) is 18.2 Å². The monoisotopic (exact) mass is 265 g/mol. The Morgan fingerprint density at radius 3 is 2.37 bits per heavy atom. The zero-order valence-corrected chi connectivity index (χ0v) is 11.4. The van der Waals surface area contributed by atoms with Crippen molar-refractivity contribution in [3.63, 3.8) is 0 Å². The van der Waals surface area contributed by atoms with Gasteiger partial charge in [-0.05, 0) is 30.5 Å². The van der Waals surface area contributed by atoms with E-state index in [2.05, 4.69) is 5.32 Å². The van der Waals surface area contributed by atoms with Crippen LogP contribution in [0.2, 0.25) is 0 Å². The van der Waals surface area contributed by atoms with Crippen molar-refractivity contribution in [3.05, 3.63) is 34.9 Å². The van der Waals surface area contributed by atoms with Gasteiger partial charge in [-0.2, -0.15) is 0 Å². The highest BCUT2D eigenvalue weighted by atomic mass is 16.5. The number of aliphatic carboxylic acids is 1. The summed E-state index contributed by atoms with van der Waals surface area (Å²) in [5.41, 5.74) is 3.08. The molecule has 5 heteroatoms. The number of amides is 1. The molecule has 0 bridgehead atoms. The molecule has 1 unspecified atom stereocenters. The third kappa shape index (κ3) is 4.37. The van der Waals surface area contributed by atoms with E-state index in [-0.39, 0.29) is 18.9 Å². The van der Waals surface area contributed by atoms with Gasteiger partial charge in [0, 0.05) is 7.11 Å². The van der Waals surface area contributed by atoms with Crippen molar-refractivity contribution in [2.75, 3.05) is 13.7 Å². The highest BCUT2D eigenvalue weighted by Crippen LogP contribution is 2.13. The van der Waals surface area contributed by atoms with E-state index in [1.807, 2.05) is 32.0 Å². The minimum absolute atomic E-state index is 0.0321. The molecule has 1 rings (SSSR count). The molecule has 1 amide bonds. The summed E-state index contributed by atoms with van der Waals surface area (Å²) in [4.78, 5) is 22.5. The van der Waals surface area contributed by atoms with Crippen molar-refractivity contribution in [1.82, 2.24) is 5.32 Å². The number of carbonyl (C=O) groups excluding carboxylic acids is 1. The van der Waals surface area contributed by atoms with Crippen molar-refractivity contribution >= 4 is 11.9 Å². The third-order valence-electron chi connectivity index (χ3n) is 3.03. The number of benzene rings is 1. The quantitative estimate of drug-likeness (QED) is 0.806. The maximum atomic E-state index is 11.8. The average Bonchev–Trinajstić information content (AvgIpc) is 2.34. The van der Waals surface area contributed by atoms with E-state index in [4.69, 9.17) is 9.84 Å². The number of hydrogen-bond donors (Lipinski definition) is 2. The Morgan fingerprint density at radius 1 is 1.32 bits per heavy atom. The summed E-state index contributed by atoms with van der Waals surface area (Å²) in [7, 11) is 1.30. The summed E-state index contributed by atoms with van der Waals surface area (Å²) in [5.74, 6) is -1.30. The fraction of sp³-hybridized carbons (Fsp3) is 0.429. The van der Waals surface area contributed by atoms with Crippen molar-refractivity contribution in [2.24, 2.45) is 0 Å². The van der Waals surface area contributed by atoms with Gasteiger partial charge in [-0.1, -0.05) is 18.2 Å². The first-order valence-corrected chi connectivity index (χ1v) is 6.03. The number of methoxy groups -OCH3 is 1. The number of ether oxygens (including phenoxy) is 1. The highest BCUT2D eigenvalue weighted by Gasteiger charge is 2.17. The Morgan fingerprint density at radius 2 is 1.89 bits per heavy atom. The van der Waals surface area contributed by atoms with E-state index < -0.39 is 12.1 Å². The standard InChI is InChI=1S/C14H19NO4/c1-9-5-4-6-10(2)11(9)7-13(16)15-8-12(19-3)14(17)18/h4-6,12H,7-8H2,1-3H3,(H,15,16)(H,17,18). The van der Waals surface area contributed by atoms with E-state index in [0.717, 1.165) is 16.7 Å². The van der Waals surface area contributed by atoms with Gasteiger partial charge in [0.05, 0.1) is 13.0 Å². The molecule has 19 heavy (non-hydrogen) atoms. The highest BCUT2D eigenvalue weighted by molar-refractivity contribution is 5.80. The summed E-state index contributed by atoms with van der Waals surface area (Å²) < 4.78 is 4.75. The van der Waals surface area contributed by atoms with Gasteiger partial charge in [0.25, 0.3) is 0 Å². The first-order valence-electron chi connectivity index (χ1n) is 6.03. The molecule has 5 nitrogen and oxygen atoms in total. The Hall–Kier alpha value is -1.88. The maximum Gasteiger partial charge on any atom is 0.334 e. The van der Waals surface area contributed by atoms with Gasteiger partial charge in [0.15, 0.2) is 6.10 Å². The van der Waals surface area contributed by atoms with Gasteiger partial charge < -0.3 is 15.2 Å². The summed E-state index contributed by atoms with van der Waals surface area (Å²) >= 11 is 0. The normalized spacial score (nSPS) is 11.9. The molecule has 0 radical (unpaired) electrons. The van der Waals surface area contributed by atoms with Crippen LogP contribution in [0.4, 0.5) is 0 Å². The second-order valence-electron chi connectivity index (χ2n) is 4.41. The molecule has 0 aliphatic heterocycles. The molecule has 0 aliphatic carbocycles. The summed E-state index contributed by atoms with van der Waals surface area (Å²) in [5, 5.41) is 11.4. The van der Waals surface area contributed by atoms with Gasteiger partial charge in [-0.25, -0.2) is 4.79 Å². The second-order valence-corrected chi connectivity index (χ2v) is 4.41. The minimum atomic E-state index is -1.09. The van der Waals surface area contributed by atoms with Crippen LogP contribution in [-0.2, 0) is 20.7 Å². The van der Waals surface area contributed by atoms with Gasteiger partial charge in [-0.3, -0.25) is 4.79 Å². The summed E-state index contributed by atoms with van der Waals surface area (Å²) in [6.45, 7) is 3.87. The van der Waals surface area contributed by atoms with Gasteiger partial charge in [-0.15, -0.1) is 0 Å². The zero-order valence-electron chi connectivity index (χ0n) is 11.4. The molecule has 1 aromatic rings. The maximum absolute atomic E-state index is 11.8. The minimum Gasteiger partial charge on any atom is -0.479 e. The van der Waals surface area contributed by atoms with Crippen LogP contribution in [-0.4, -0.2) is 36.7 Å². The number of carbonyl (C=O) groups is 2. The van der Waals surface area contributed by atoms with E-state index >= 15 is 0 Å². The topological polar surface area (TPSA) is 75.6 Å². The summed E-state index contributed by atoms with van der Waals surface area (Å²) in [6.07, 6.45) is -0.768. The summed E-state index contributed by atoms with van der Waals surface area (Å²) in [6, 6.07) is 5.84. The van der Waals surface area contributed by atoms with Crippen molar-refractivity contribution in [3.8, 4) is 0 Å². The Bertz CT molecular complexity index is 450. The molecule has 104 valence electrons.